The highest BCUT2D eigenvalue weighted by atomic mass is 32.2. The molecule has 1 saturated heterocycles. The number of nitrogens with zero attached hydrogens (tertiary/aromatic N) is 1. The summed E-state index contributed by atoms with van der Waals surface area (Å²) in [6, 6.07) is 2.37. The fourth-order valence-electron chi connectivity index (χ4n) is 2.40. The Kier molecular flexibility index (Phi) is 5.14. The number of thioether (sulfide) groups is 1. The molecule has 10 heteroatoms. The zero-order valence-electron chi connectivity index (χ0n) is 13.0. The molecule has 2 amide bonds. The SMILES string of the molecule is CC(C(=O)NC1C=CS(=O)(=O)C1)N1C(=O)C(=Cc2cccs2)SC1=S. The summed E-state index contributed by atoms with van der Waals surface area (Å²) in [6.07, 6.45) is 3.18. The first-order valence-electron chi connectivity index (χ1n) is 7.29. The second-order valence-corrected chi connectivity index (χ2v) is 10.1. The highest BCUT2D eigenvalue weighted by Crippen LogP contribution is 2.34. The van der Waals surface area contributed by atoms with Gasteiger partial charge < -0.3 is 5.32 Å². The van der Waals surface area contributed by atoms with E-state index in [1.807, 2.05) is 17.5 Å². The van der Waals surface area contributed by atoms with Crippen molar-refractivity contribution in [1.29, 1.82) is 0 Å². The molecule has 0 saturated carbocycles. The van der Waals surface area contributed by atoms with Crippen molar-refractivity contribution in [2.75, 3.05) is 5.75 Å². The minimum Gasteiger partial charge on any atom is -0.347 e. The van der Waals surface area contributed by atoms with Gasteiger partial charge in [-0.2, -0.15) is 0 Å². The van der Waals surface area contributed by atoms with Gasteiger partial charge in [-0.1, -0.05) is 30.0 Å². The number of rotatable bonds is 4. The van der Waals surface area contributed by atoms with Crippen LogP contribution in [0, 0.1) is 0 Å². The maximum Gasteiger partial charge on any atom is 0.266 e. The molecule has 0 radical (unpaired) electrons. The molecule has 2 aliphatic heterocycles. The number of carbonyl (C=O) groups is 2. The lowest BCUT2D eigenvalue weighted by Crippen LogP contribution is -2.49. The summed E-state index contributed by atoms with van der Waals surface area (Å²) in [5, 5.41) is 5.63. The molecule has 2 aliphatic rings. The van der Waals surface area contributed by atoms with Crippen LogP contribution in [0.5, 0.6) is 0 Å². The molecule has 2 unspecified atom stereocenters. The van der Waals surface area contributed by atoms with Crippen molar-refractivity contribution >= 4 is 67.4 Å². The molecule has 3 heterocycles. The third-order valence-corrected chi connectivity index (χ3v) is 7.21. The van der Waals surface area contributed by atoms with Crippen LogP contribution >= 0.6 is 35.3 Å². The van der Waals surface area contributed by atoms with Crippen LogP contribution < -0.4 is 5.32 Å². The van der Waals surface area contributed by atoms with E-state index in [-0.39, 0.29) is 11.7 Å². The van der Waals surface area contributed by atoms with Gasteiger partial charge >= 0.3 is 0 Å². The van der Waals surface area contributed by atoms with Gasteiger partial charge in [0.2, 0.25) is 5.91 Å². The number of sulfone groups is 1. The largest absolute Gasteiger partial charge is 0.347 e. The number of carbonyl (C=O) groups excluding carboxylic acids is 2. The van der Waals surface area contributed by atoms with E-state index in [0.29, 0.717) is 9.23 Å². The Morgan fingerprint density at radius 1 is 1.52 bits per heavy atom. The Morgan fingerprint density at radius 2 is 2.28 bits per heavy atom. The molecule has 132 valence electrons. The quantitative estimate of drug-likeness (QED) is 0.597. The van der Waals surface area contributed by atoms with Crippen molar-refractivity contribution in [2.45, 2.75) is 19.0 Å². The smallest absolute Gasteiger partial charge is 0.266 e. The summed E-state index contributed by atoms with van der Waals surface area (Å²) in [5.74, 6) is -0.927. The summed E-state index contributed by atoms with van der Waals surface area (Å²) in [5.41, 5.74) is 0. The van der Waals surface area contributed by atoms with Crippen LogP contribution in [0.4, 0.5) is 0 Å². The molecule has 1 aromatic rings. The van der Waals surface area contributed by atoms with Gasteiger partial charge in [-0.3, -0.25) is 14.5 Å². The van der Waals surface area contributed by atoms with Crippen LogP contribution in [0.25, 0.3) is 6.08 Å². The molecule has 0 aromatic carbocycles. The van der Waals surface area contributed by atoms with Gasteiger partial charge in [0.05, 0.1) is 16.7 Å². The molecule has 0 bridgehead atoms. The number of thiocarbonyl (C=S) groups is 1. The van der Waals surface area contributed by atoms with Gasteiger partial charge in [-0.15, -0.1) is 11.3 Å². The second-order valence-electron chi connectivity index (χ2n) is 5.52. The first-order valence-corrected chi connectivity index (χ1v) is 11.1. The summed E-state index contributed by atoms with van der Waals surface area (Å²) in [6.45, 7) is 1.57. The highest BCUT2D eigenvalue weighted by Gasteiger charge is 2.39. The number of hydrogen-bond donors (Lipinski definition) is 1. The van der Waals surface area contributed by atoms with Crippen molar-refractivity contribution in [3.8, 4) is 0 Å². The lowest BCUT2D eigenvalue weighted by Gasteiger charge is -2.23. The van der Waals surface area contributed by atoms with E-state index < -0.39 is 27.8 Å². The highest BCUT2D eigenvalue weighted by molar-refractivity contribution is 8.26. The fourth-order valence-corrected chi connectivity index (χ4v) is 5.78. The van der Waals surface area contributed by atoms with Gasteiger partial charge in [0.15, 0.2) is 9.84 Å². The summed E-state index contributed by atoms with van der Waals surface area (Å²) in [4.78, 5) is 27.6. The van der Waals surface area contributed by atoms with E-state index >= 15 is 0 Å². The molecule has 3 rings (SSSR count). The Hall–Kier alpha value is -1.49. The summed E-state index contributed by atoms with van der Waals surface area (Å²) < 4.78 is 23.1. The van der Waals surface area contributed by atoms with E-state index in [1.165, 1.54) is 22.3 Å². The van der Waals surface area contributed by atoms with Crippen molar-refractivity contribution in [1.82, 2.24) is 10.2 Å². The number of amides is 2. The molecule has 1 N–H and O–H groups in total. The first-order chi connectivity index (χ1) is 11.8. The van der Waals surface area contributed by atoms with Crippen LogP contribution in [0.2, 0.25) is 0 Å². The van der Waals surface area contributed by atoms with Crippen molar-refractivity contribution in [3.63, 3.8) is 0 Å². The van der Waals surface area contributed by atoms with Gasteiger partial charge in [0, 0.05) is 10.3 Å². The van der Waals surface area contributed by atoms with Crippen molar-refractivity contribution in [2.24, 2.45) is 0 Å². The third kappa shape index (κ3) is 4.02. The number of thiophene rings is 1. The van der Waals surface area contributed by atoms with E-state index in [2.05, 4.69) is 5.32 Å². The molecule has 6 nitrogen and oxygen atoms in total. The lowest BCUT2D eigenvalue weighted by molar-refractivity contribution is -0.132. The Balaban J connectivity index is 1.70. The maximum atomic E-state index is 12.6. The maximum absolute atomic E-state index is 12.6. The molecule has 0 aliphatic carbocycles. The topological polar surface area (TPSA) is 83.6 Å². The molecule has 2 atom stereocenters. The molecular formula is C15H14N2O4S4. The average molecular weight is 415 g/mol. The van der Waals surface area contributed by atoms with E-state index in [0.717, 1.165) is 22.0 Å². The zero-order chi connectivity index (χ0) is 18.2. The van der Waals surface area contributed by atoms with E-state index in [9.17, 15) is 18.0 Å². The minimum absolute atomic E-state index is 0.165. The first kappa shape index (κ1) is 18.3. The third-order valence-electron chi connectivity index (χ3n) is 3.66. The van der Waals surface area contributed by atoms with Gasteiger partial charge in [0.1, 0.15) is 10.4 Å². The molecule has 1 aromatic heterocycles. The van der Waals surface area contributed by atoms with E-state index in [1.54, 1.807) is 13.0 Å². The molecule has 25 heavy (non-hydrogen) atoms. The minimum atomic E-state index is -3.26. The fraction of sp³-hybridized carbons (Fsp3) is 0.267. The lowest BCUT2D eigenvalue weighted by atomic mass is 10.2. The van der Waals surface area contributed by atoms with Gasteiger partial charge in [-0.05, 0) is 30.5 Å². The normalized spacial score (nSPS) is 24.9. The predicted molar refractivity (Wildman–Crippen MR) is 104 cm³/mol. The van der Waals surface area contributed by atoms with Crippen molar-refractivity contribution < 1.29 is 18.0 Å². The standard InChI is InChI=1S/C15H14N2O4S4/c1-9(13(18)16-10-4-6-25(20,21)8-10)17-14(19)12(24-15(17)22)7-11-3-2-5-23-11/h2-7,9-10H,8H2,1H3,(H,16,18). The van der Waals surface area contributed by atoms with Crippen molar-refractivity contribution in [3.05, 3.63) is 38.8 Å². The molecular weight excluding hydrogens is 400 g/mol. The molecule has 1 fully saturated rings. The predicted octanol–water partition coefficient (Wildman–Crippen LogP) is 1.76. The Morgan fingerprint density at radius 3 is 2.88 bits per heavy atom. The van der Waals surface area contributed by atoms with Gasteiger partial charge in [0.25, 0.3) is 5.91 Å². The van der Waals surface area contributed by atoms with Crippen LogP contribution in [0.15, 0.2) is 33.9 Å². The monoisotopic (exact) mass is 414 g/mol. The van der Waals surface area contributed by atoms with Gasteiger partial charge in [-0.25, -0.2) is 8.42 Å². The number of nitrogens with one attached hydrogen (secondary N) is 1. The van der Waals surface area contributed by atoms with Crippen LogP contribution in [0.3, 0.4) is 0 Å². The van der Waals surface area contributed by atoms with Crippen LogP contribution in [-0.4, -0.2) is 47.3 Å². The van der Waals surface area contributed by atoms with Crippen LogP contribution in [0.1, 0.15) is 11.8 Å². The Labute approximate surface area is 158 Å². The summed E-state index contributed by atoms with van der Waals surface area (Å²) >= 11 is 7.90. The average Bonchev–Trinajstić information content (AvgIpc) is 3.21. The second kappa shape index (κ2) is 7.02. The Bertz CT molecular complexity index is 887. The van der Waals surface area contributed by atoms with E-state index in [4.69, 9.17) is 12.2 Å². The van der Waals surface area contributed by atoms with Crippen LogP contribution in [-0.2, 0) is 19.4 Å². The molecule has 0 spiro atoms. The number of hydrogen-bond acceptors (Lipinski definition) is 7. The zero-order valence-corrected chi connectivity index (χ0v) is 16.3. The summed E-state index contributed by atoms with van der Waals surface area (Å²) in [7, 11) is -3.26.